The molecule has 80 valence electrons. The van der Waals surface area contributed by atoms with E-state index in [9.17, 15) is 0 Å². The van der Waals surface area contributed by atoms with E-state index in [0.717, 1.165) is 24.3 Å². The van der Waals surface area contributed by atoms with Crippen LogP contribution in [0, 0.1) is 17.8 Å². The number of benzene rings is 1. The molecule has 0 radical (unpaired) electrons. The smallest absolute Gasteiger partial charge is 0.119 e. The minimum absolute atomic E-state index is 0.318. The summed E-state index contributed by atoms with van der Waals surface area (Å²) >= 11 is 0. The molecule has 1 heteroatoms. The van der Waals surface area contributed by atoms with E-state index >= 15 is 0 Å². The van der Waals surface area contributed by atoms with Crippen molar-refractivity contribution in [2.75, 3.05) is 6.61 Å². The van der Waals surface area contributed by atoms with Crippen LogP contribution in [0.5, 0.6) is 5.75 Å². The lowest BCUT2D eigenvalue weighted by Crippen LogP contribution is -2.11. The molecule has 1 rings (SSSR count). The predicted octanol–water partition coefficient (Wildman–Crippen LogP) is 3.48. The van der Waals surface area contributed by atoms with Crippen molar-refractivity contribution in [1.29, 1.82) is 0 Å². The summed E-state index contributed by atoms with van der Waals surface area (Å²) in [5.41, 5.74) is 1.21. The van der Waals surface area contributed by atoms with Crippen LogP contribution in [0.15, 0.2) is 24.3 Å². The molecule has 0 spiro atoms. The average Bonchev–Trinajstić information content (AvgIpc) is 2.17. The standard InChI is InChI=1S/C14H18O/c1-5-12-6-8-13(9-7-12)15-11-10-14(2,3)4/h1,6-9H,10-11H2,2-4H3. The van der Waals surface area contributed by atoms with Gasteiger partial charge in [0, 0.05) is 5.56 Å². The van der Waals surface area contributed by atoms with Crippen molar-refractivity contribution in [2.24, 2.45) is 5.41 Å². The molecule has 0 aliphatic rings. The largest absolute Gasteiger partial charge is 0.494 e. The van der Waals surface area contributed by atoms with Crippen LogP contribution in [0.1, 0.15) is 32.8 Å². The summed E-state index contributed by atoms with van der Waals surface area (Å²) in [4.78, 5) is 0. The van der Waals surface area contributed by atoms with Crippen molar-refractivity contribution < 1.29 is 4.74 Å². The van der Waals surface area contributed by atoms with Gasteiger partial charge in [0.05, 0.1) is 6.61 Å². The summed E-state index contributed by atoms with van der Waals surface area (Å²) in [6, 6.07) is 7.62. The van der Waals surface area contributed by atoms with Crippen LogP contribution in [0.2, 0.25) is 0 Å². The maximum atomic E-state index is 5.61. The fraction of sp³-hybridized carbons (Fsp3) is 0.429. The third-order valence-electron chi connectivity index (χ3n) is 2.14. The Kier molecular flexibility index (Phi) is 3.80. The van der Waals surface area contributed by atoms with Gasteiger partial charge in [-0.05, 0) is 36.1 Å². The SMILES string of the molecule is C#Cc1ccc(OCCC(C)(C)C)cc1. The van der Waals surface area contributed by atoms with Gasteiger partial charge in [0.2, 0.25) is 0 Å². The molecule has 0 atom stereocenters. The summed E-state index contributed by atoms with van der Waals surface area (Å²) in [6.45, 7) is 7.37. The topological polar surface area (TPSA) is 9.23 Å². The molecule has 0 amide bonds. The zero-order valence-corrected chi connectivity index (χ0v) is 9.71. The van der Waals surface area contributed by atoms with Crippen LogP contribution in [0.3, 0.4) is 0 Å². The Hall–Kier alpha value is -1.42. The summed E-state index contributed by atoms with van der Waals surface area (Å²) in [7, 11) is 0. The van der Waals surface area contributed by atoms with Gasteiger partial charge in [0.15, 0.2) is 0 Å². The first-order valence-electron chi connectivity index (χ1n) is 5.21. The molecule has 0 aliphatic carbocycles. The zero-order valence-electron chi connectivity index (χ0n) is 9.71. The van der Waals surface area contributed by atoms with E-state index in [1.165, 1.54) is 0 Å². The van der Waals surface area contributed by atoms with Gasteiger partial charge in [-0.25, -0.2) is 0 Å². The lowest BCUT2D eigenvalue weighted by atomic mass is 9.93. The molecule has 0 heterocycles. The van der Waals surface area contributed by atoms with Gasteiger partial charge in [0.1, 0.15) is 5.75 Å². The van der Waals surface area contributed by atoms with E-state index < -0.39 is 0 Å². The maximum Gasteiger partial charge on any atom is 0.119 e. The average molecular weight is 202 g/mol. The van der Waals surface area contributed by atoms with Gasteiger partial charge in [0.25, 0.3) is 0 Å². The monoisotopic (exact) mass is 202 g/mol. The van der Waals surface area contributed by atoms with Crippen molar-refractivity contribution in [2.45, 2.75) is 27.2 Å². The van der Waals surface area contributed by atoms with Gasteiger partial charge < -0.3 is 4.74 Å². The second-order valence-corrected chi connectivity index (χ2v) is 4.83. The quantitative estimate of drug-likeness (QED) is 0.682. The number of hydrogen-bond donors (Lipinski definition) is 0. The van der Waals surface area contributed by atoms with Crippen LogP contribution < -0.4 is 4.74 Å². The Labute approximate surface area is 92.5 Å². The Bertz CT molecular complexity index is 335. The van der Waals surface area contributed by atoms with Gasteiger partial charge in [-0.3, -0.25) is 0 Å². The molecule has 0 saturated heterocycles. The van der Waals surface area contributed by atoms with Gasteiger partial charge in [-0.15, -0.1) is 6.42 Å². The van der Waals surface area contributed by atoms with Crippen molar-refractivity contribution in [3.8, 4) is 18.1 Å². The van der Waals surface area contributed by atoms with E-state index in [2.05, 4.69) is 26.7 Å². The number of rotatable bonds is 3. The minimum Gasteiger partial charge on any atom is -0.494 e. The highest BCUT2D eigenvalue weighted by Gasteiger charge is 2.09. The van der Waals surface area contributed by atoms with Crippen molar-refractivity contribution >= 4 is 0 Å². The van der Waals surface area contributed by atoms with Crippen LogP contribution in [-0.2, 0) is 0 Å². The van der Waals surface area contributed by atoms with Gasteiger partial charge >= 0.3 is 0 Å². The number of hydrogen-bond acceptors (Lipinski definition) is 1. The van der Waals surface area contributed by atoms with E-state index in [1.54, 1.807) is 0 Å². The molecule has 0 aliphatic heterocycles. The minimum atomic E-state index is 0.318. The van der Waals surface area contributed by atoms with Crippen molar-refractivity contribution in [3.05, 3.63) is 29.8 Å². The molecule has 1 aromatic carbocycles. The van der Waals surface area contributed by atoms with Crippen molar-refractivity contribution in [3.63, 3.8) is 0 Å². The highest BCUT2D eigenvalue weighted by atomic mass is 16.5. The van der Waals surface area contributed by atoms with Gasteiger partial charge in [-0.2, -0.15) is 0 Å². The van der Waals surface area contributed by atoms with Gasteiger partial charge in [-0.1, -0.05) is 26.7 Å². The lowest BCUT2D eigenvalue weighted by molar-refractivity contribution is 0.243. The fourth-order valence-corrected chi connectivity index (χ4v) is 1.12. The first-order chi connectivity index (χ1) is 7.01. The Balaban J connectivity index is 2.42. The van der Waals surface area contributed by atoms with E-state index in [-0.39, 0.29) is 0 Å². The highest BCUT2D eigenvalue weighted by Crippen LogP contribution is 2.19. The van der Waals surface area contributed by atoms with Crippen LogP contribution in [-0.4, -0.2) is 6.61 Å². The first kappa shape index (κ1) is 11.7. The molecule has 1 nitrogen and oxygen atoms in total. The number of ether oxygens (including phenoxy) is 1. The predicted molar refractivity (Wildman–Crippen MR) is 63.9 cm³/mol. The molecule has 0 N–H and O–H groups in total. The van der Waals surface area contributed by atoms with Crippen LogP contribution in [0.4, 0.5) is 0 Å². The molecular weight excluding hydrogens is 184 g/mol. The third-order valence-corrected chi connectivity index (χ3v) is 2.14. The fourth-order valence-electron chi connectivity index (χ4n) is 1.12. The molecule has 0 bridgehead atoms. The second kappa shape index (κ2) is 4.89. The lowest BCUT2D eigenvalue weighted by Gasteiger charge is -2.18. The molecule has 15 heavy (non-hydrogen) atoms. The molecule has 0 fully saturated rings. The molecule has 0 saturated carbocycles. The Morgan fingerprint density at radius 1 is 1.20 bits per heavy atom. The third kappa shape index (κ3) is 4.56. The first-order valence-corrected chi connectivity index (χ1v) is 5.21. The summed E-state index contributed by atoms with van der Waals surface area (Å²) < 4.78 is 5.61. The Morgan fingerprint density at radius 3 is 2.27 bits per heavy atom. The summed E-state index contributed by atoms with van der Waals surface area (Å²) in [5, 5.41) is 0. The van der Waals surface area contributed by atoms with E-state index in [0.29, 0.717) is 5.41 Å². The zero-order chi connectivity index (χ0) is 11.3. The number of terminal acetylenes is 1. The Morgan fingerprint density at radius 2 is 1.80 bits per heavy atom. The second-order valence-electron chi connectivity index (χ2n) is 4.83. The maximum absolute atomic E-state index is 5.61. The normalized spacial score (nSPS) is 10.8. The van der Waals surface area contributed by atoms with Crippen LogP contribution >= 0.6 is 0 Å². The highest BCUT2D eigenvalue weighted by molar-refractivity contribution is 5.36. The van der Waals surface area contributed by atoms with Crippen molar-refractivity contribution in [1.82, 2.24) is 0 Å². The summed E-state index contributed by atoms with van der Waals surface area (Å²) in [5.74, 6) is 3.47. The summed E-state index contributed by atoms with van der Waals surface area (Å²) in [6.07, 6.45) is 6.31. The molecule has 0 unspecified atom stereocenters. The van der Waals surface area contributed by atoms with E-state index in [1.807, 2.05) is 24.3 Å². The molecular formula is C14H18O. The molecule has 1 aromatic rings. The van der Waals surface area contributed by atoms with E-state index in [4.69, 9.17) is 11.2 Å². The molecule has 0 aromatic heterocycles. The van der Waals surface area contributed by atoms with Crippen LogP contribution in [0.25, 0.3) is 0 Å².